The molecule has 0 amide bonds. The first-order chi connectivity index (χ1) is 7.08. The average Bonchev–Trinajstić information content (AvgIpc) is 2.20. The summed E-state index contributed by atoms with van der Waals surface area (Å²) in [5.41, 5.74) is 0. The number of rotatable bonds is 2. The van der Waals surface area contributed by atoms with Gasteiger partial charge in [0.05, 0.1) is 0 Å². The lowest BCUT2D eigenvalue weighted by molar-refractivity contribution is -0.153. The van der Waals surface area contributed by atoms with Crippen LogP contribution >= 0.6 is 11.8 Å². The van der Waals surface area contributed by atoms with Crippen LogP contribution in [-0.4, -0.2) is 29.4 Å². The fourth-order valence-electron chi connectivity index (χ4n) is 1.36. The summed E-state index contributed by atoms with van der Waals surface area (Å²) in [6, 6.07) is 0. The van der Waals surface area contributed by atoms with Crippen LogP contribution in [0.4, 0.5) is 0 Å². The zero-order valence-corrected chi connectivity index (χ0v) is 10.1. The van der Waals surface area contributed by atoms with Gasteiger partial charge in [0.15, 0.2) is 4.93 Å². The monoisotopic (exact) mass is 230 g/mol. The van der Waals surface area contributed by atoms with Gasteiger partial charge >= 0.3 is 5.97 Å². The van der Waals surface area contributed by atoms with Crippen molar-refractivity contribution in [3.63, 3.8) is 0 Å². The second-order valence-corrected chi connectivity index (χ2v) is 5.22. The molecule has 1 aliphatic heterocycles. The van der Waals surface area contributed by atoms with E-state index < -0.39 is 4.93 Å². The molecule has 2 unspecified atom stereocenters. The average molecular weight is 230 g/mol. The van der Waals surface area contributed by atoms with Crippen molar-refractivity contribution >= 4 is 17.7 Å². The minimum Gasteiger partial charge on any atom is -0.442 e. The quantitative estimate of drug-likeness (QED) is 0.539. The number of hydrogen-bond donors (Lipinski definition) is 0. The molecule has 0 radical (unpaired) electrons. The maximum Gasteiger partial charge on any atom is 0.331 e. The molecule has 0 bridgehead atoms. The van der Waals surface area contributed by atoms with E-state index in [4.69, 9.17) is 9.47 Å². The molecule has 0 saturated carbocycles. The van der Waals surface area contributed by atoms with E-state index in [1.165, 1.54) is 6.08 Å². The first kappa shape index (κ1) is 12.6. The van der Waals surface area contributed by atoms with Crippen molar-refractivity contribution in [3.05, 3.63) is 12.7 Å². The van der Waals surface area contributed by atoms with Gasteiger partial charge in [-0.15, -0.1) is 11.8 Å². The number of hydrogen-bond acceptors (Lipinski definition) is 4. The third-order valence-corrected chi connectivity index (χ3v) is 3.98. The molecule has 1 fully saturated rings. The van der Waals surface area contributed by atoms with Crippen LogP contribution in [0.15, 0.2) is 12.7 Å². The molecule has 4 heteroatoms. The smallest absolute Gasteiger partial charge is 0.331 e. The lowest BCUT2D eigenvalue weighted by Gasteiger charge is -2.35. The topological polar surface area (TPSA) is 35.5 Å². The van der Waals surface area contributed by atoms with E-state index in [9.17, 15) is 4.79 Å². The standard InChI is InChI=1S/C11H18O3S/c1-4-10(12)14-11(3)9(2)13-7-5-6-8-15-11/h4,9H,1,5-8H2,2-3H3. The zero-order chi connectivity index (χ0) is 11.3. The fourth-order valence-corrected chi connectivity index (χ4v) is 2.56. The summed E-state index contributed by atoms with van der Waals surface area (Å²) in [7, 11) is 0. The summed E-state index contributed by atoms with van der Waals surface area (Å²) in [6.45, 7) is 7.98. The van der Waals surface area contributed by atoms with Crippen LogP contribution in [0.2, 0.25) is 0 Å². The summed E-state index contributed by atoms with van der Waals surface area (Å²) >= 11 is 1.64. The molecule has 0 aromatic heterocycles. The fraction of sp³-hybridized carbons (Fsp3) is 0.727. The summed E-state index contributed by atoms with van der Waals surface area (Å²) < 4.78 is 11.0. The molecule has 1 saturated heterocycles. The Morgan fingerprint density at radius 3 is 3.07 bits per heavy atom. The van der Waals surface area contributed by atoms with E-state index in [0.29, 0.717) is 0 Å². The van der Waals surface area contributed by atoms with E-state index in [1.54, 1.807) is 11.8 Å². The predicted molar refractivity (Wildman–Crippen MR) is 61.8 cm³/mol. The Kier molecular flexibility index (Phi) is 4.67. The molecule has 1 heterocycles. The highest BCUT2D eigenvalue weighted by Gasteiger charge is 2.36. The van der Waals surface area contributed by atoms with E-state index >= 15 is 0 Å². The van der Waals surface area contributed by atoms with Crippen LogP contribution in [0.1, 0.15) is 26.7 Å². The van der Waals surface area contributed by atoms with Gasteiger partial charge in [-0.2, -0.15) is 0 Å². The molecule has 86 valence electrons. The van der Waals surface area contributed by atoms with Crippen LogP contribution in [0.5, 0.6) is 0 Å². The molecule has 2 atom stereocenters. The van der Waals surface area contributed by atoms with Crippen molar-refractivity contribution in [2.75, 3.05) is 12.4 Å². The minimum absolute atomic E-state index is 0.0910. The van der Waals surface area contributed by atoms with Gasteiger partial charge in [0.1, 0.15) is 6.10 Å². The van der Waals surface area contributed by atoms with E-state index in [0.717, 1.165) is 25.2 Å². The van der Waals surface area contributed by atoms with Gasteiger partial charge in [-0.3, -0.25) is 0 Å². The van der Waals surface area contributed by atoms with Gasteiger partial charge in [-0.05, 0) is 32.4 Å². The number of ether oxygens (including phenoxy) is 2. The Hall–Kier alpha value is -0.480. The van der Waals surface area contributed by atoms with Crippen LogP contribution in [0.25, 0.3) is 0 Å². The van der Waals surface area contributed by atoms with Gasteiger partial charge in [0, 0.05) is 12.7 Å². The van der Waals surface area contributed by atoms with Gasteiger partial charge in [-0.1, -0.05) is 6.58 Å². The molecule has 0 aromatic carbocycles. The molecule has 0 aromatic rings. The Morgan fingerprint density at radius 2 is 2.40 bits per heavy atom. The highest BCUT2D eigenvalue weighted by atomic mass is 32.2. The predicted octanol–water partition coefficient (Wildman–Crippen LogP) is 2.36. The normalized spacial score (nSPS) is 32.5. The SMILES string of the molecule is C=CC(=O)OC1(C)SCCCCOC1C. The lowest BCUT2D eigenvalue weighted by atomic mass is 10.2. The molecule has 3 nitrogen and oxygen atoms in total. The third-order valence-electron chi connectivity index (χ3n) is 2.50. The first-order valence-corrected chi connectivity index (χ1v) is 6.18. The molecule has 15 heavy (non-hydrogen) atoms. The van der Waals surface area contributed by atoms with Gasteiger partial charge < -0.3 is 9.47 Å². The zero-order valence-electron chi connectivity index (χ0n) is 9.32. The first-order valence-electron chi connectivity index (χ1n) is 5.19. The van der Waals surface area contributed by atoms with Crippen molar-refractivity contribution in [1.82, 2.24) is 0 Å². The Labute approximate surface area is 95.2 Å². The summed E-state index contributed by atoms with van der Waals surface area (Å²) in [5.74, 6) is 0.607. The lowest BCUT2D eigenvalue weighted by Crippen LogP contribution is -2.41. The maximum absolute atomic E-state index is 11.2. The number of thioether (sulfide) groups is 1. The second-order valence-electron chi connectivity index (χ2n) is 3.71. The minimum atomic E-state index is -0.592. The molecular formula is C11H18O3S. The number of carbonyl (C=O) groups is 1. The van der Waals surface area contributed by atoms with Gasteiger partial charge in [-0.25, -0.2) is 4.79 Å². The maximum atomic E-state index is 11.2. The highest BCUT2D eigenvalue weighted by Crippen LogP contribution is 2.34. The number of esters is 1. The van der Waals surface area contributed by atoms with Crippen molar-refractivity contribution in [1.29, 1.82) is 0 Å². The molecular weight excluding hydrogens is 212 g/mol. The largest absolute Gasteiger partial charge is 0.442 e. The van der Waals surface area contributed by atoms with Gasteiger partial charge in [0.2, 0.25) is 0 Å². The molecule has 1 aliphatic rings. The molecule has 0 N–H and O–H groups in total. The van der Waals surface area contributed by atoms with Gasteiger partial charge in [0.25, 0.3) is 0 Å². The van der Waals surface area contributed by atoms with Crippen molar-refractivity contribution in [2.24, 2.45) is 0 Å². The summed E-state index contributed by atoms with van der Waals surface area (Å²) in [4.78, 5) is 10.6. The summed E-state index contributed by atoms with van der Waals surface area (Å²) in [5, 5.41) is 0. The van der Waals surface area contributed by atoms with E-state index in [2.05, 4.69) is 6.58 Å². The highest BCUT2D eigenvalue weighted by molar-refractivity contribution is 8.00. The van der Waals surface area contributed by atoms with E-state index in [1.807, 2.05) is 13.8 Å². The van der Waals surface area contributed by atoms with E-state index in [-0.39, 0.29) is 12.1 Å². The number of carbonyl (C=O) groups excluding carboxylic acids is 1. The Bertz CT molecular complexity index is 242. The van der Waals surface area contributed by atoms with Crippen molar-refractivity contribution in [3.8, 4) is 0 Å². The summed E-state index contributed by atoms with van der Waals surface area (Å²) in [6.07, 6.45) is 3.27. The van der Waals surface area contributed by atoms with Crippen LogP contribution in [-0.2, 0) is 14.3 Å². The Morgan fingerprint density at radius 1 is 1.67 bits per heavy atom. The second kappa shape index (κ2) is 5.56. The van der Waals surface area contributed by atoms with Crippen LogP contribution in [0, 0.1) is 0 Å². The van der Waals surface area contributed by atoms with Crippen LogP contribution < -0.4 is 0 Å². The molecule has 0 spiro atoms. The third kappa shape index (κ3) is 3.54. The molecule has 0 aliphatic carbocycles. The van der Waals surface area contributed by atoms with Crippen molar-refractivity contribution in [2.45, 2.75) is 37.7 Å². The van der Waals surface area contributed by atoms with Crippen LogP contribution in [0.3, 0.4) is 0 Å². The van der Waals surface area contributed by atoms with Crippen molar-refractivity contribution < 1.29 is 14.3 Å². The molecule has 1 rings (SSSR count). The Balaban J connectivity index is 2.66.